The van der Waals surface area contributed by atoms with Crippen molar-refractivity contribution in [2.45, 2.75) is 20.3 Å². The first kappa shape index (κ1) is 14.4. The number of rotatable bonds is 5. The van der Waals surface area contributed by atoms with Crippen molar-refractivity contribution < 1.29 is 14.5 Å². The lowest BCUT2D eigenvalue weighted by atomic mass is 10.1. The normalized spacial score (nSPS) is 10.4. The number of carbonyl (C=O) groups is 1. The Morgan fingerprint density at radius 3 is 2.72 bits per heavy atom. The molecule has 18 heavy (non-hydrogen) atoms. The van der Waals surface area contributed by atoms with Crippen LogP contribution in [0.1, 0.15) is 30.6 Å². The molecule has 98 valence electrons. The molecular weight excluding hydrogens is 258 g/mol. The maximum atomic E-state index is 11.7. The Morgan fingerprint density at radius 2 is 2.17 bits per heavy atom. The van der Waals surface area contributed by atoms with E-state index in [-0.39, 0.29) is 17.2 Å². The lowest BCUT2D eigenvalue weighted by Crippen LogP contribution is -2.10. The molecule has 0 bridgehead atoms. The van der Waals surface area contributed by atoms with Crippen molar-refractivity contribution in [1.29, 1.82) is 0 Å². The van der Waals surface area contributed by atoms with Crippen LogP contribution >= 0.6 is 11.6 Å². The minimum atomic E-state index is -0.718. The standard InChI is InChI=1S/C12H14ClNO4/c1-8(2)6-7-18-12(15)9-4-3-5-10(13)11(9)14(16)17/h3-5,8H,6-7H2,1-2H3. The van der Waals surface area contributed by atoms with Gasteiger partial charge in [0.2, 0.25) is 0 Å². The smallest absolute Gasteiger partial charge is 0.345 e. The van der Waals surface area contributed by atoms with Crippen LogP contribution in [-0.2, 0) is 4.74 Å². The van der Waals surface area contributed by atoms with Gasteiger partial charge in [0.1, 0.15) is 10.6 Å². The molecule has 1 aromatic carbocycles. The average Bonchev–Trinajstić information content (AvgIpc) is 2.27. The molecule has 0 fully saturated rings. The van der Waals surface area contributed by atoms with Crippen molar-refractivity contribution in [1.82, 2.24) is 0 Å². The number of nitrogens with zero attached hydrogens (tertiary/aromatic N) is 1. The molecule has 0 aliphatic heterocycles. The van der Waals surface area contributed by atoms with Gasteiger partial charge in [-0.05, 0) is 24.5 Å². The van der Waals surface area contributed by atoms with E-state index in [1.165, 1.54) is 18.2 Å². The van der Waals surface area contributed by atoms with Crippen LogP contribution in [0.3, 0.4) is 0 Å². The summed E-state index contributed by atoms with van der Waals surface area (Å²) in [6, 6.07) is 4.18. The van der Waals surface area contributed by atoms with E-state index in [0.717, 1.165) is 0 Å². The topological polar surface area (TPSA) is 69.4 Å². The van der Waals surface area contributed by atoms with Crippen molar-refractivity contribution in [3.8, 4) is 0 Å². The van der Waals surface area contributed by atoms with Gasteiger partial charge in [-0.15, -0.1) is 0 Å². The second-order valence-corrected chi connectivity index (χ2v) is 4.62. The van der Waals surface area contributed by atoms with Gasteiger partial charge in [0.05, 0.1) is 11.5 Å². The Morgan fingerprint density at radius 1 is 1.50 bits per heavy atom. The van der Waals surface area contributed by atoms with Gasteiger partial charge in [-0.25, -0.2) is 4.79 Å². The summed E-state index contributed by atoms with van der Waals surface area (Å²) in [5.74, 6) is -0.322. The number of halogens is 1. The molecule has 6 heteroatoms. The van der Waals surface area contributed by atoms with Crippen molar-refractivity contribution in [2.24, 2.45) is 5.92 Å². The minimum absolute atomic E-state index is 0.0710. The molecule has 0 heterocycles. The maximum Gasteiger partial charge on any atom is 0.345 e. The number of esters is 1. The highest BCUT2D eigenvalue weighted by Gasteiger charge is 2.24. The highest BCUT2D eigenvalue weighted by atomic mass is 35.5. The fourth-order valence-electron chi connectivity index (χ4n) is 1.33. The molecule has 0 saturated carbocycles. The second-order valence-electron chi connectivity index (χ2n) is 4.21. The number of ether oxygens (including phenoxy) is 1. The van der Waals surface area contributed by atoms with Gasteiger partial charge in [-0.3, -0.25) is 10.1 Å². The zero-order chi connectivity index (χ0) is 13.7. The lowest BCUT2D eigenvalue weighted by Gasteiger charge is -2.07. The first-order chi connectivity index (χ1) is 8.43. The van der Waals surface area contributed by atoms with E-state index in [0.29, 0.717) is 12.3 Å². The zero-order valence-corrected chi connectivity index (χ0v) is 10.9. The van der Waals surface area contributed by atoms with Crippen LogP contribution in [0, 0.1) is 16.0 Å². The summed E-state index contributed by atoms with van der Waals surface area (Å²) in [4.78, 5) is 21.9. The number of nitro benzene ring substituents is 1. The molecule has 1 aromatic rings. The largest absolute Gasteiger partial charge is 0.462 e. The van der Waals surface area contributed by atoms with Gasteiger partial charge in [-0.1, -0.05) is 31.5 Å². The first-order valence-corrected chi connectivity index (χ1v) is 5.91. The molecular formula is C12H14ClNO4. The molecule has 0 N–H and O–H groups in total. The van der Waals surface area contributed by atoms with Crippen molar-refractivity contribution in [3.63, 3.8) is 0 Å². The van der Waals surface area contributed by atoms with Gasteiger partial charge in [0, 0.05) is 0 Å². The molecule has 5 nitrogen and oxygen atoms in total. The molecule has 0 unspecified atom stereocenters. The van der Waals surface area contributed by atoms with Gasteiger partial charge in [-0.2, -0.15) is 0 Å². The highest BCUT2D eigenvalue weighted by Crippen LogP contribution is 2.28. The summed E-state index contributed by atoms with van der Waals surface area (Å²) < 4.78 is 4.98. The van der Waals surface area contributed by atoms with E-state index in [9.17, 15) is 14.9 Å². The second kappa shape index (κ2) is 6.35. The minimum Gasteiger partial charge on any atom is -0.462 e. The van der Waals surface area contributed by atoms with Crippen molar-refractivity contribution in [3.05, 3.63) is 38.9 Å². The summed E-state index contributed by atoms with van der Waals surface area (Å²) in [5.41, 5.74) is -0.523. The summed E-state index contributed by atoms with van der Waals surface area (Å²) >= 11 is 5.70. The first-order valence-electron chi connectivity index (χ1n) is 5.53. The molecule has 0 aliphatic carbocycles. The molecule has 0 aromatic heterocycles. The summed E-state index contributed by atoms with van der Waals surface area (Å²) in [6.07, 6.45) is 0.708. The van der Waals surface area contributed by atoms with Crippen LogP contribution in [0.15, 0.2) is 18.2 Å². The van der Waals surface area contributed by atoms with Gasteiger partial charge < -0.3 is 4.74 Å². The number of nitro groups is 1. The van der Waals surface area contributed by atoms with Crippen LogP contribution in [0.4, 0.5) is 5.69 Å². The van der Waals surface area contributed by atoms with Crippen LogP contribution in [0.25, 0.3) is 0 Å². The van der Waals surface area contributed by atoms with E-state index in [1.54, 1.807) is 0 Å². The molecule has 0 saturated heterocycles. The zero-order valence-electron chi connectivity index (χ0n) is 10.2. The molecule has 0 amide bonds. The van der Waals surface area contributed by atoms with E-state index < -0.39 is 16.6 Å². The van der Waals surface area contributed by atoms with Crippen LogP contribution in [0.5, 0.6) is 0 Å². The number of benzene rings is 1. The Labute approximate surface area is 110 Å². The van der Waals surface area contributed by atoms with E-state index in [1.807, 2.05) is 13.8 Å². The summed E-state index contributed by atoms with van der Waals surface area (Å²) in [5, 5.41) is 10.8. The van der Waals surface area contributed by atoms with Gasteiger partial charge in [0.15, 0.2) is 0 Å². The van der Waals surface area contributed by atoms with E-state index in [4.69, 9.17) is 16.3 Å². The van der Waals surface area contributed by atoms with Crippen molar-refractivity contribution >= 4 is 23.3 Å². The Kier molecular flexibility index (Phi) is 5.09. The van der Waals surface area contributed by atoms with Crippen LogP contribution < -0.4 is 0 Å². The molecule has 0 spiro atoms. The predicted molar refractivity (Wildman–Crippen MR) is 67.8 cm³/mol. The SMILES string of the molecule is CC(C)CCOC(=O)c1cccc(Cl)c1[N+](=O)[O-]. The fraction of sp³-hybridized carbons (Fsp3) is 0.417. The van der Waals surface area contributed by atoms with E-state index >= 15 is 0 Å². The predicted octanol–water partition coefficient (Wildman–Crippen LogP) is 3.45. The molecule has 0 aliphatic rings. The quantitative estimate of drug-likeness (QED) is 0.467. The van der Waals surface area contributed by atoms with Crippen molar-refractivity contribution in [2.75, 3.05) is 6.61 Å². The van der Waals surface area contributed by atoms with Crippen LogP contribution in [-0.4, -0.2) is 17.5 Å². The maximum absolute atomic E-state index is 11.7. The third-order valence-electron chi connectivity index (χ3n) is 2.32. The van der Waals surface area contributed by atoms with Gasteiger partial charge in [0.25, 0.3) is 0 Å². The molecule has 0 atom stereocenters. The lowest BCUT2D eigenvalue weighted by molar-refractivity contribution is -0.385. The number of hydrogen-bond donors (Lipinski definition) is 0. The monoisotopic (exact) mass is 271 g/mol. The van der Waals surface area contributed by atoms with Gasteiger partial charge >= 0.3 is 11.7 Å². The third-order valence-corrected chi connectivity index (χ3v) is 2.62. The molecule has 0 radical (unpaired) electrons. The number of para-hydroxylation sites is 1. The summed E-state index contributed by atoms with van der Waals surface area (Å²) in [6.45, 7) is 4.23. The summed E-state index contributed by atoms with van der Waals surface area (Å²) in [7, 11) is 0. The van der Waals surface area contributed by atoms with E-state index in [2.05, 4.69) is 0 Å². The average molecular weight is 272 g/mol. The number of carbonyl (C=O) groups excluding carboxylic acids is 1. The van der Waals surface area contributed by atoms with Crippen LogP contribution in [0.2, 0.25) is 5.02 Å². The number of hydrogen-bond acceptors (Lipinski definition) is 4. The third kappa shape index (κ3) is 3.70. The Bertz CT molecular complexity index is 459. The Hall–Kier alpha value is -1.62. The Balaban J connectivity index is 2.86. The highest BCUT2D eigenvalue weighted by molar-refractivity contribution is 6.33. The molecule has 1 rings (SSSR count). The fourth-order valence-corrected chi connectivity index (χ4v) is 1.57.